The molecular weight excluding hydrogens is 298 g/mol. The van der Waals surface area contributed by atoms with Crippen LogP contribution >= 0.6 is 15.9 Å². The molecule has 0 radical (unpaired) electrons. The SMILES string of the molecule is CCOC(=O)/C(C=Nc1ccc(Br)cc1)=C(\C)O. The molecule has 0 saturated carbocycles. The highest BCUT2D eigenvalue weighted by Gasteiger charge is 2.11. The maximum Gasteiger partial charge on any atom is 0.343 e. The normalized spacial score (nSPS) is 12.4. The van der Waals surface area contributed by atoms with Crippen LogP contribution in [0.1, 0.15) is 13.8 Å². The van der Waals surface area contributed by atoms with Gasteiger partial charge in [0.2, 0.25) is 0 Å². The maximum atomic E-state index is 11.5. The number of hydrogen-bond donors (Lipinski definition) is 1. The van der Waals surface area contributed by atoms with Gasteiger partial charge >= 0.3 is 5.97 Å². The van der Waals surface area contributed by atoms with E-state index in [0.717, 1.165) is 4.47 Å². The van der Waals surface area contributed by atoms with Gasteiger partial charge in [0.1, 0.15) is 11.3 Å². The number of carbonyl (C=O) groups is 1. The van der Waals surface area contributed by atoms with Crippen molar-refractivity contribution in [2.24, 2.45) is 4.99 Å². The van der Waals surface area contributed by atoms with Crippen molar-refractivity contribution in [3.63, 3.8) is 0 Å². The Balaban J connectivity index is 2.88. The average Bonchev–Trinajstić information content (AvgIpc) is 2.31. The standard InChI is InChI=1S/C13H14BrNO3/c1-3-18-13(17)12(9(2)16)8-15-11-6-4-10(14)5-7-11/h4-8,16H,3H2,1-2H3/b12-9+,15-8?. The van der Waals surface area contributed by atoms with Crippen LogP contribution in [0.5, 0.6) is 0 Å². The number of nitrogens with zero attached hydrogens (tertiary/aromatic N) is 1. The molecule has 0 heterocycles. The number of benzene rings is 1. The number of hydrogen-bond acceptors (Lipinski definition) is 4. The van der Waals surface area contributed by atoms with Crippen LogP contribution in [0.25, 0.3) is 0 Å². The minimum absolute atomic E-state index is 0.0553. The van der Waals surface area contributed by atoms with E-state index in [-0.39, 0.29) is 17.9 Å². The van der Waals surface area contributed by atoms with Gasteiger partial charge < -0.3 is 9.84 Å². The number of esters is 1. The van der Waals surface area contributed by atoms with E-state index in [0.29, 0.717) is 5.69 Å². The second-order valence-electron chi connectivity index (χ2n) is 3.45. The molecule has 4 nitrogen and oxygen atoms in total. The van der Waals surface area contributed by atoms with Crippen molar-refractivity contribution in [3.05, 3.63) is 40.1 Å². The molecule has 1 aromatic rings. The van der Waals surface area contributed by atoms with Crippen LogP contribution in [-0.2, 0) is 9.53 Å². The van der Waals surface area contributed by atoms with Crippen molar-refractivity contribution in [2.45, 2.75) is 13.8 Å². The third kappa shape index (κ3) is 4.33. The molecule has 1 N–H and O–H groups in total. The Kier molecular flexibility index (Phi) is 5.58. The molecule has 1 aromatic carbocycles. The third-order valence-electron chi connectivity index (χ3n) is 2.05. The smallest absolute Gasteiger partial charge is 0.343 e. The van der Waals surface area contributed by atoms with Crippen molar-refractivity contribution in [3.8, 4) is 0 Å². The molecule has 0 aliphatic carbocycles. The van der Waals surface area contributed by atoms with Gasteiger partial charge in [-0.1, -0.05) is 15.9 Å². The summed E-state index contributed by atoms with van der Waals surface area (Å²) in [6, 6.07) is 7.25. The summed E-state index contributed by atoms with van der Waals surface area (Å²) in [6.45, 7) is 3.37. The van der Waals surface area contributed by atoms with Gasteiger partial charge in [0.25, 0.3) is 0 Å². The van der Waals surface area contributed by atoms with Crippen LogP contribution in [0.3, 0.4) is 0 Å². The van der Waals surface area contributed by atoms with E-state index in [1.165, 1.54) is 13.1 Å². The van der Waals surface area contributed by atoms with Crippen LogP contribution in [-0.4, -0.2) is 23.9 Å². The lowest BCUT2D eigenvalue weighted by atomic mass is 10.2. The molecule has 96 valence electrons. The van der Waals surface area contributed by atoms with Crippen molar-refractivity contribution in [1.29, 1.82) is 0 Å². The molecule has 0 saturated heterocycles. The molecule has 5 heteroatoms. The van der Waals surface area contributed by atoms with Crippen LogP contribution in [0.2, 0.25) is 0 Å². The van der Waals surface area contributed by atoms with Crippen LogP contribution in [0.4, 0.5) is 5.69 Å². The number of carbonyl (C=O) groups excluding carboxylic acids is 1. The van der Waals surface area contributed by atoms with Gasteiger partial charge in [-0.05, 0) is 38.1 Å². The van der Waals surface area contributed by atoms with Crippen LogP contribution in [0.15, 0.2) is 45.1 Å². The number of allylic oxidation sites excluding steroid dienone is 1. The van der Waals surface area contributed by atoms with Crippen molar-refractivity contribution >= 4 is 33.8 Å². The summed E-state index contributed by atoms with van der Waals surface area (Å²) in [7, 11) is 0. The first kappa shape index (κ1) is 14.4. The highest BCUT2D eigenvalue weighted by atomic mass is 79.9. The molecule has 0 fully saturated rings. The lowest BCUT2D eigenvalue weighted by Gasteiger charge is -2.03. The molecule has 0 amide bonds. The molecule has 0 atom stereocenters. The minimum atomic E-state index is -0.585. The number of aliphatic hydroxyl groups excluding tert-OH is 1. The Labute approximate surface area is 114 Å². The summed E-state index contributed by atoms with van der Waals surface area (Å²) < 4.78 is 5.76. The molecule has 1 rings (SSSR count). The lowest BCUT2D eigenvalue weighted by molar-refractivity contribution is -0.138. The molecular formula is C13H14BrNO3. The van der Waals surface area contributed by atoms with Gasteiger partial charge in [-0.25, -0.2) is 4.79 Å². The summed E-state index contributed by atoms with van der Waals surface area (Å²) in [5, 5.41) is 9.41. The second-order valence-corrected chi connectivity index (χ2v) is 4.37. The first-order valence-corrected chi connectivity index (χ1v) is 6.20. The summed E-state index contributed by atoms with van der Waals surface area (Å²) in [5.74, 6) is -0.701. The Morgan fingerprint density at radius 2 is 2.06 bits per heavy atom. The number of aliphatic hydroxyl groups is 1. The van der Waals surface area contributed by atoms with Crippen molar-refractivity contribution in [1.82, 2.24) is 0 Å². The molecule has 0 aromatic heterocycles. The molecule has 0 aliphatic heterocycles. The first-order chi connectivity index (χ1) is 8.54. The van der Waals surface area contributed by atoms with Crippen molar-refractivity contribution in [2.75, 3.05) is 6.61 Å². The summed E-state index contributed by atoms with van der Waals surface area (Å²) in [5.41, 5.74) is 0.737. The van der Waals surface area contributed by atoms with Gasteiger partial charge in [0.15, 0.2) is 0 Å². The zero-order valence-corrected chi connectivity index (χ0v) is 11.8. The third-order valence-corrected chi connectivity index (χ3v) is 2.58. The predicted octanol–water partition coefficient (Wildman–Crippen LogP) is 3.55. The molecule has 0 spiro atoms. The van der Waals surface area contributed by atoms with Gasteiger partial charge in [-0.3, -0.25) is 4.99 Å². The van der Waals surface area contributed by atoms with E-state index in [2.05, 4.69) is 20.9 Å². The number of aliphatic imine (C=N–C) groups is 1. The summed E-state index contributed by atoms with van der Waals surface area (Å²) >= 11 is 3.32. The molecule has 0 unspecified atom stereocenters. The van der Waals surface area contributed by atoms with E-state index in [4.69, 9.17) is 4.74 Å². The molecule has 0 aliphatic rings. The summed E-state index contributed by atoms with van der Waals surface area (Å²) in [6.07, 6.45) is 1.30. The Bertz CT molecular complexity index is 474. The zero-order valence-electron chi connectivity index (χ0n) is 10.2. The largest absolute Gasteiger partial charge is 0.512 e. The van der Waals surface area contributed by atoms with Gasteiger partial charge in [-0.15, -0.1) is 0 Å². The van der Waals surface area contributed by atoms with Gasteiger partial charge in [0.05, 0.1) is 12.3 Å². The van der Waals surface area contributed by atoms with Gasteiger partial charge in [0, 0.05) is 10.7 Å². The van der Waals surface area contributed by atoms with Crippen molar-refractivity contribution < 1.29 is 14.6 Å². The Morgan fingerprint density at radius 1 is 1.44 bits per heavy atom. The number of ether oxygens (including phenoxy) is 1. The zero-order chi connectivity index (χ0) is 13.5. The second kappa shape index (κ2) is 6.96. The lowest BCUT2D eigenvalue weighted by Crippen LogP contribution is -2.10. The molecule has 18 heavy (non-hydrogen) atoms. The molecule has 0 bridgehead atoms. The van der Waals surface area contributed by atoms with E-state index in [1.54, 1.807) is 19.1 Å². The maximum absolute atomic E-state index is 11.5. The van der Waals surface area contributed by atoms with Crippen LogP contribution < -0.4 is 0 Å². The number of rotatable bonds is 4. The van der Waals surface area contributed by atoms with E-state index >= 15 is 0 Å². The quantitative estimate of drug-likeness (QED) is 0.400. The van der Waals surface area contributed by atoms with Crippen LogP contribution in [0, 0.1) is 0 Å². The predicted molar refractivity (Wildman–Crippen MR) is 74.3 cm³/mol. The van der Waals surface area contributed by atoms with E-state index in [9.17, 15) is 9.90 Å². The summed E-state index contributed by atoms with van der Waals surface area (Å²) in [4.78, 5) is 15.6. The highest BCUT2D eigenvalue weighted by Crippen LogP contribution is 2.17. The topological polar surface area (TPSA) is 58.9 Å². The Morgan fingerprint density at radius 3 is 2.56 bits per heavy atom. The fourth-order valence-corrected chi connectivity index (χ4v) is 1.43. The fraction of sp³-hybridized carbons (Fsp3) is 0.231. The van der Waals surface area contributed by atoms with E-state index in [1.807, 2.05) is 12.1 Å². The Hall–Kier alpha value is -1.62. The minimum Gasteiger partial charge on any atom is -0.512 e. The first-order valence-electron chi connectivity index (χ1n) is 5.41. The van der Waals surface area contributed by atoms with E-state index < -0.39 is 5.97 Å². The average molecular weight is 312 g/mol. The fourth-order valence-electron chi connectivity index (χ4n) is 1.17. The number of halogens is 1. The highest BCUT2D eigenvalue weighted by molar-refractivity contribution is 9.10. The monoisotopic (exact) mass is 311 g/mol. The van der Waals surface area contributed by atoms with Gasteiger partial charge in [-0.2, -0.15) is 0 Å².